The van der Waals surface area contributed by atoms with Crippen molar-refractivity contribution in [2.24, 2.45) is 0 Å². The summed E-state index contributed by atoms with van der Waals surface area (Å²) in [4.78, 5) is 25.5. The summed E-state index contributed by atoms with van der Waals surface area (Å²) in [6.45, 7) is 5.34. The van der Waals surface area contributed by atoms with Gasteiger partial charge in [-0.3, -0.25) is 9.59 Å². The number of ether oxygens (including phenoxy) is 1. The van der Waals surface area contributed by atoms with Gasteiger partial charge in [-0.2, -0.15) is 0 Å². The van der Waals surface area contributed by atoms with E-state index < -0.39 is 5.97 Å². The molecule has 0 unspecified atom stereocenters. The Morgan fingerprint density at radius 1 is 1.27 bits per heavy atom. The highest BCUT2D eigenvalue weighted by Gasteiger charge is 2.27. The Morgan fingerprint density at radius 2 is 1.95 bits per heavy atom. The summed E-state index contributed by atoms with van der Waals surface area (Å²) in [5, 5.41) is 8.95. The fraction of sp³-hybridized carbons (Fsp3) is 0.529. The molecule has 1 aliphatic heterocycles. The minimum absolute atomic E-state index is 0.0338. The molecule has 1 fully saturated rings. The molecular weight excluding hydrogens is 282 g/mol. The molecule has 0 aromatic heterocycles. The Hall–Kier alpha value is -1.88. The van der Waals surface area contributed by atoms with Crippen LogP contribution in [0.1, 0.15) is 40.7 Å². The van der Waals surface area contributed by atoms with Crippen molar-refractivity contribution in [3.8, 4) is 0 Å². The van der Waals surface area contributed by atoms with E-state index in [0.717, 1.165) is 24.0 Å². The average molecular weight is 305 g/mol. The van der Waals surface area contributed by atoms with Crippen molar-refractivity contribution in [2.45, 2.75) is 39.2 Å². The van der Waals surface area contributed by atoms with E-state index >= 15 is 0 Å². The molecule has 5 nitrogen and oxygen atoms in total. The molecule has 1 heterocycles. The second kappa shape index (κ2) is 7.40. The van der Waals surface area contributed by atoms with Gasteiger partial charge in [0.2, 0.25) is 0 Å². The summed E-state index contributed by atoms with van der Waals surface area (Å²) >= 11 is 0. The van der Waals surface area contributed by atoms with Gasteiger partial charge in [0.05, 0.1) is 6.42 Å². The predicted octanol–water partition coefficient (Wildman–Crippen LogP) is 2.40. The van der Waals surface area contributed by atoms with Crippen LogP contribution < -0.4 is 0 Å². The minimum Gasteiger partial charge on any atom is -0.481 e. The largest absolute Gasteiger partial charge is 0.481 e. The molecular formula is C17H23NO4. The third-order valence-corrected chi connectivity index (χ3v) is 4.08. The molecule has 0 spiro atoms. The smallest absolute Gasteiger partial charge is 0.305 e. The summed E-state index contributed by atoms with van der Waals surface area (Å²) in [5.41, 5.74) is 2.61. The van der Waals surface area contributed by atoms with Gasteiger partial charge >= 0.3 is 5.97 Å². The number of rotatable bonds is 5. The van der Waals surface area contributed by atoms with Crippen molar-refractivity contribution in [1.29, 1.82) is 0 Å². The van der Waals surface area contributed by atoms with Gasteiger partial charge in [-0.1, -0.05) is 17.7 Å². The number of carboxylic acids is 1. The van der Waals surface area contributed by atoms with Crippen molar-refractivity contribution in [1.82, 2.24) is 4.90 Å². The number of nitrogens with zero attached hydrogens (tertiary/aromatic N) is 1. The number of hydrogen-bond acceptors (Lipinski definition) is 3. The second-order valence-corrected chi connectivity index (χ2v) is 5.80. The molecule has 1 aliphatic rings. The van der Waals surface area contributed by atoms with E-state index in [1.807, 2.05) is 32.0 Å². The summed E-state index contributed by atoms with van der Waals surface area (Å²) in [7, 11) is 0. The van der Waals surface area contributed by atoms with Crippen LogP contribution in [-0.2, 0) is 9.53 Å². The van der Waals surface area contributed by atoms with E-state index in [-0.39, 0.29) is 24.9 Å². The maximum Gasteiger partial charge on any atom is 0.305 e. The number of aryl methyl sites for hydroxylation is 2. The molecule has 0 atom stereocenters. The van der Waals surface area contributed by atoms with Gasteiger partial charge in [0.25, 0.3) is 5.91 Å². The molecule has 120 valence electrons. The van der Waals surface area contributed by atoms with Crippen LogP contribution >= 0.6 is 0 Å². The van der Waals surface area contributed by atoms with Crippen LogP contribution in [0.2, 0.25) is 0 Å². The molecule has 0 bridgehead atoms. The van der Waals surface area contributed by atoms with Crippen LogP contribution in [0.25, 0.3) is 0 Å². The van der Waals surface area contributed by atoms with E-state index in [1.54, 1.807) is 4.90 Å². The summed E-state index contributed by atoms with van der Waals surface area (Å²) in [6, 6.07) is 5.84. The summed E-state index contributed by atoms with van der Waals surface area (Å²) in [5.74, 6) is -0.958. The quantitative estimate of drug-likeness (QED) is 0.907. The van der Waals surface area contributed by atoms with Crippen molar-refractivity contribution in [3.63, 3.8) is 0 Å². The molecule has 1 N–H and O–H groups in total. The standard InChI is InChI=1S/C17H23NO4/c1-12-3-4-13(2)15(11-12)17(21)18(8-5-16(19)20)14-6-9-22-10-7-14/h3-4,11,14H,5-10H2,1-2H3,(H,19,20). The lowest BCUT2D eigenvalue weighted by atomic mass is 10.0. The highest BCUT2D eigenvalue weighted by atomic mass is 16.5. The normalized spacial score (nSPS) is 15.5. The van der Waals surface area contributed by atoms with E-state index in [4.69, 9.17) is 9.84 Å². The lowest BCUT2D eigenvalue weighted by molar-refractivity contribution is -0.137. The molecule has 0 aliphatic carbocycles. The van der Waals surface area contributed by atoms with E-state index in [9.17, 15) is 9.59 Å². The van der Waals surface area contributed by atoms with Gasteiger partial charge in [0.1, 0.15) is 0 Å². The van der Waals surface area contributed by atoms with Gasteiger partial charge in [-0.25, -0.2) is 0 Å². The molecule has 1 aromatic rings. The number of carbonyl (C=O) groups is 2. The number of carbonyl (C=O) groups excluding carboxylic acids is 1. The first-order valence-corrected chi connectivity index (χ1v) is 7.67. The Balaban J connectivity index is 2.23. The van der Waals surface area contributed by atoms with Gasteiger partial charge in [0, 0.05) is 31.4 Å². The lowest BCUT2D eigenvalue weighted by Gasteiger charge is -2.34. The number of aliphatic carboxylic acids is 1. The van der Waals surface area contributed by atoms with Gasteiger partial charge in [-0.05, 0) is 38.3 Å². The lowest BCUT2D eigenvalue weighted by Crippen LogP contribution is -2.44. The topological polar surface area (TPSA) is 66.8 Å². The molecule has 1 amide bonds. The maximum atomic E-state index is 12.9. The van der Waals surface area contributed by atoms with Gasteiger partial charge in [-0.15, -0.1) is 0 Å². The van der Waals surface area contributed by atoms with Crippen molar-refractivity contribution < 1.29 is 19.4 Å². The van der Waals surface area contributed by atoms with Crippen LogP contribution in [0.15, 0.2) is 18.2 Å². The minimum atomic E-state index is -0.883. The molecule has 2 rings (SSSR count). The third-order valence-electron chi connectivity index (χ3n) is 4.08. The highest BCUT2D eigenvalue weighted by molar-refractivity contribution is 5.96. The van der Waals surface area contributed by atoms with Gasteiger partial charge in [0.15, 0.2) is 0 Å². The first-order chi connectivity index (χ1) is 10.5. The van der Waals surface area contributed by atoms with E-state index in [2.05, 4.69) is 0 Å². The monoisotopic (exact) mass is 305 g/mol. The van der Waals surface area contributed by atoms with Gasteiger partial charge < -0.3 is 14.7 Å². The summed E-state index contributed by atoms with van der Waals surface area (Å²) in [6.07, 6.45) is 1.49. The number of hydrogen-bond donors (Lipinski definition) is 1. The maximum absolute atomic E-state index is 12.9. The summed E-state index contributed by atoms with van der Waals surface area (Å²) < 4.78 is 5.35. The highest BCUT2D eigenvalue weighted by Crippen LogP contribution is 2.20. The molecule has 0 radical (unpaired) electrons. The predicted molar refractivity (Wildman–Crippen MR) is 83.0 cm³/mol. The van der Waals surface area contributed by atoms with Crippen LogP contribution in [0.5, 0.6) is 0 Å². The number of carboxylic acid groups (broad SMARTS) is 1. The molecule has 0 saturated carbocycles. The van der Waals surface area contributed by atoms with Crippen molar-refractivity contribution in [3.05, 3.63) is 34.9 Å². The fourth-order valence-corrected chi connectivity index (χ4v) is 2.78. The molecule has 1 saturated heterocycles. The first-order valence-electron chi connectivity index (χ1n) is 7.67. The Kier molecular flexibility index (Phi) is 5.55. The average Bonchev–Trinajstić information content (AvgIpc) is 2.50. The molecule has 22 heavy (non-hydrogen) atoms. The SMILES string of the molecule is Cc1ccc(C)c(C(=O)N(CCC(=O)O)C2CCOCC2)c1. The Morgan fingerprint density at radius 3 is 2.59 bits per heavy atom. The molecule has 5 heteroatoms. The second-order valence-electron chi connectivity index (χ2n) is 5.80. The Bertz CT molecular complexity index is 550. The zero-order chi connectivity index (χ0) is 16.1. The molecule has 1 aromatic carbocycles. The van der Waals surface area contributed by atoms with E-state index in [1.165, 1.54) is 0 Å². The van der Waals surface area contributed by atoms with Crippen LogP contribution in [-0.4, -0.2) is 47.7 Å². The number of amides is 1. The van der Waals surface area contributed by atoms with Crippen molar-refractivity contribution in [2.75, 3.05) is 19.8 Å². The fourth-order valence-electron chi connectivity index (χ4n) is 2.78. The first kappa shape index (κ1) is 16.5. The zero-order valence-corrected chi connectivity index (χ0v) is 13.2. The number of benzene rings is 1. The zero-order valence-electron chi connectivity index (χ0n) is 13.2. The third kappa shape index (κ3) is 4.07. The van der Waals surface area contributed by atoms with Crippen LogP contribution in [0, 0.1) is 13.8 Å². The van der Waals surface area contributed by atoms with Crippen LogP contribution in [0.3, 0.4) is 0 Å². The van der Waals surface area contributed by atoms with Crippen LogP contribution in [0.4, 0.5) is 0 Å². The van der Waals surface area contributed by atoms with E-state index in [0.29, 0.717) is 18.8 Å². The Labute approximate surface area is 130 Å². The van der Waals surface area contributed by atoms with Crippen molar-refractivity contribution >= 4 is 11.9 Å².